The van der Waals surface area contributed by atoms with Crippen molar-refractivity contribution in [2.75, 3.05) is 7.11 Å². The average molecular weight is 319 g/mol. The van der Waals surface area contributed by atoms with E-state index in [4.69, 9.17) is 9.84 Å². The lowest BCUT2D eigenvalue weighted by Crippen LogP contribution is -2.47. The van der Waals surface area contributed by atoms with Crippen molar-refractivity contribution in [1.29, 1.82) is 0 Å². The molecule has 1 amide bonds. The zero-order chi connectivity index (χ0) is 16.8. The highest BCUT2D eigenvalue weighted by Crippen LogP contribution is 2.52. The molecule has 2 N–H and O–H groups in total. The predicted octanol–water partition coefficient (Wildman–Crippen LogP) is 0.714. The van der Waals surface area contributed by atoms with Crippen LogP contribution in [-0.2, 0) is 20.1 Å². The number of carboxylic acid groups (broad SMARTS) is 1. The smallest absolute Gasteiger partial charge is 0.314 e. The van der Waals surface area contributed by atoms with Crippen LogP contribution in [0.25, 0.3) is 0 Å². The number of benzene rings is 1. The second-order valence-corrected chi connectivity index (χ2v) is 5.84. The minimum Gasteiger partial charge on any atom is -0.481 e. The van der Waals surface area contributed by atoms with E-state index in [0.717, 1.165) is 0 Å². The van der Waals surface area contributed by atoms with E-state index in [1.54, 1.807) is 24.3 Å². The van der Waals surface area contributed by atoms with Crippen molar-refractivity contribution in [1.82, 2.24) is 4.90 Å². The molecule has 7 heteroatoms. The van der Waals surface area contributed by atoms with Gasteiger partial charge in [-0.3, -0.25) is 14.4 Å². The molecule has 2 aliphatic heterocycles. The van der Waals surface area contributed by atoms with Crippen molar-refractivity contribution in [2.24, 2.45) is 5.92 Å². The number of carboxylic acids is 1. The number of hydrogen-bond acceptors (Lipinski definition) is 5. The number of aliphatic carboxylic acids is 1. The summed E-state index contributed by atoms with van der Waals surface area (Å²) in [5, 5.41) is 20.1. The highest BCUT2D eigenvalue weighted by atomic mass is 16.5. The van der Waals surface area contributed by atoms with Crippen LogP contribution in [0.3, 0.4) is 0 Å². The summed E-state index contributed by atoms with van der Waals surface area (Å²) in [7, 11) is 1.23. The molecule has 23 heavy (non-hydrogen) atoms. The van der Waals surface area contributed by atoms with Crippen molar-refractivity contribution in [2.45, 2.75) is 31.0 Å². The first-order valence-electron chi connectivity index (χ1n) is 7.36. The van der Waals surface area contributed by atoms with Gasteiger partial charge in [0.25, 0.3) is 5.91 Å². The predicted molar refractivity (Wildman–Crippen MR) is 77.3 cm³/mol. The molecular weight excluding hydrogens is 302 g/mol. The third-order valence-corrected chi connectivity index (χ3v) is 4.68. The fourth-order valence-corrected chi connectivity index (χ4v) is 3.69. The summed E-state index contributed by atoms with van der Waals surface area (Å²) in [6.45, 7) is 0. The third kappa shape index (κ3) is 2.11. The van der Waals surface area contributed by atoms with Gasteiger partial charge in [-0.15, -0.1) is 0 Å². The van der Waals surface area contributed by atoms with Gasteiger partial charge in [0, 0.05) is 23.6 Å². The summed E-state index contributed by atoms with van der Waals surface area (Å²) in [4.78, 5) is 36.9. The molecule has 0 bridgehead atoms. The number of ether oxygens (including phenoxy) is 1. The Bertz CT molecular complexity index is 687. The molecule has 2 aliphatic rings. The molecule has 1 fully saturated rings. The van der Waals surface area contributed by atoms with Gasteiger partial charge in [-0.05, 0) is 18.9 Å². The van der Waals surface area contributed by atoms with Crippen LogP contribution in [0.15, 0.2) is 24.3 Å². The number of rotatable bonds is 4. The summed E-state index contributed by atoms with van der Waals surface area (Å²) >= 11 is 0. The van der Waals surface area contributed by atoms with E-state index in [-0.39, 0.29) is 25.2 Å². The van der Waals surface area contributed by atoms with Gasteiger partial charge in [-0.25, -0.2) is 0 Å². The highest BCUT2D eigenvalue weighted by molar-refractivity contribution is 6.01. The van der Waals surface area contributed by atoms with Gasteiger partial charge < -0.3 is 19.8 Å². The molecule has 3 rings (SSSR count). The zero-order valence-electron chi connectivity index (χ0n) is 12.6. The van der Waals surface area contributed by atoms with Crippen molar-refractivity contribution >= 4 is 17.8 Å². The van der Waals surface area contributed by atoms with Crippen LogP contribution in [-0.4, -0.2) is 46.1 Å². The molecule has 0 spiro atoms. The Balaban J connectivity index is 2.05. The maximum absolute atomic E-state index is 12.7. The first-order chi connectivity index (χ1) is 10.9. The fourth-order valence-electron chi connectivity index (χ4n) is 3.69. The second kappa shape index (κ2) is 5.34. The van der Waals surface area contributed by atoms with Crippen LogP contribution in [0, 0.1) is 5.92 Å². The van der Waals surface area contributed by atoms with Gasteiger partial charge in [-0.1, -0.05) is 18.2 Å². The van der Waals surface area contributed by atoms with Crippen molar-refractivity contribution in [3.8, 4) is 0 Å². The minimum atomic E-state index is -1.77. The number of nitrogens with zero attached hydrogens (tertiary/aromatic N) is 1. The molecule has 3 atom stereocenters. The van der Waals surface area contributed by atoms with Crippen LogP contribution in [0.2, 0.25) is 0 Å². The Labute approximate surface area is 132 Å². The number of carbonyl (C=O) groups excluding carboxylic acids is 2. The van der Waals surface area contributed by atoms with Crippen molar-refractivity contribution in [3.05, 3.63) is 35.4 Å². The highest BCUT2D eigenvalue weighted by Gasteiger charge is 2.63. The number of hydrogen-bond donors (Lipinski definition) is 2. The second-order valence-electron chi connectivity index (χ2n) is 5.84. The Hall–Kier alpha value is -2.41. The number of methoxy groups -OCH3 is 1. The van der Waals surface area contributed by atoms with Gasteiger partial charge in [-0.2, -0.15) is 0 Å². The SMILES string of the molecule is COC(=O)[C@H]1C[C@@H](CCC(=O)O)N2C(=O)c3ccccc3[C@@]12O. The molecular formula is C16H17NO6. The Morgan fingerprint density at radius 2 is 2.09 bits per heavy atom. The van der Waals surface area contributed by atoms with E-state index >= 15 is 0 Å². The van der Waals surface area contributed by atoms with Gasteiger partial charge >= 0.3 is 11.9 Å². The van der Waals surface area contributed by atoms with Crippen LogP contribution >= 0.6 is 0 Å². The van der Waals surface area contributed by atoms with Gasteiger partial charge in [0.15, 0.2) is 5.72 Å². The molecule has 122 valence electrons. The summed E-state index contributed by atoms with van der Waals surface area (Å²) < 4.78 is 4.78. The van der Waals surface area contributed by atoms with E-state index < -0.39 is 29.6 Å². The number of carbonyl (C=O) groups is 3. The normalized spacial score (nSPS) is 28.4. The molecule has 0 aliphatic carbocycles. The molecule has 1 aromatic carbocycles. The van der Waals surface area contributed by atoms with Crippen LogP contribution in [0.4, 0.5) is 0 Å². The number of amides is 1. The maximum Gasteiger partial charge on any atom is 0.314 e. The summed E-state index contributed by atoms with van der Waals surface area (Å²) in [5.41, 5.74) is -1.06. The van der Waals surface area contributed by atoms with E-state index in [1.807, 2.05) is 0 Å². The molecule has 1 aromatic rings. The lowest BCUT2D eigenvalue weighted by atomic mass is 9.88. The van der Waals surface area contributed by atoms with Gasteiger partial charge in [0.2, 0.25) is 0 Å². The third-order valence-electron chi connectivity index (χ3n) is 4.68. The van der Waals surface area contributed by atoms with E-state index in [9.17, 15) is 19.5 Å². The Morgan fingerprint density at radius 3 is 2.74 bits per heavy atom. The van der Waals surface area contributed by atoms with Crippen LogP contribution in [0.1, 0.15) is 35.2 Å². The number of aliphatic hydroxyl groups is 1. The fraction of sp³-hybridized carbons (Fsp3) is 0.438. The molecule has 0 radical (unpaired) electrons. The topological polar surface area (TPSA) is 104 Å². The molecule has 1 saturated heterocycles. The summed E-state index contributed by atoms with van der Waals surface area (Å²) in [6.07, 6.45) is 0.205. The summed E-state index contributed by atoms with van der Waals surface area (Å²) in [5.74, 6) is -2.91. The van der Waals surface area contributed by atoms with Gasteiger partial charge in [0.05, 0.1) is 7.11 Å². The Morgan fingerprint density at radius 1 is 1.39 bits per heavy atom. The Kier molecular flexibility index (Phi) is 3.60. The molecule has 7 nitrogen and oxygen atoms in total. The largest absolute Gasteiger partial charge is 0.481 e. The van der Waals surface area contributed by atoms with Crippen LogP contribution < -0.4 is 0 Å². The van der Waals surface area contributed by atoms with Crippen molar-refractivity contribution in [3.63, 3.8) is 0 Å². The minimum absolute atomic E-state index is 0.144. The first-order valence-corrected chi connectivity index (χ1v) is 7.36. The molecule has 0 saturated carbocycles. The number of esters is 1. The monoisotopic (exact) mass is 319 g/mol. The average Bonchev–Trinajstić information content (AvgIpc) is 2.96. The molecule has 2 heterocycles. The van der Waals surface area contributed by atoms with E-state index in [1.165, 1.54) is 12.0 Å². The van der Waals surface area contributed by atoms with E-state index in [0.29, 0.717) is 11.1 Å². The molecule has 0 unspecified atom stereocenters. The lowest BCUT2D eigenvalue weighted by molar-refractivity contribution is -0.163. The van der Waals surface area contributed by atoms with Gasteiger partial charge in [0.1, 0.15) is 5.92 Å². The maximum atomic E-state index is 12.7. The zero-order valence-corrected chi connectivity index (χ0v) is 12.6. The molecule has 0 aromatic heterocycles. The van der Waals surface area contributed by atoms with E-state index in [2.05, 4.69) is 0 Å². The first kappa shape index (κ1) is 15.5. The van der Waals surface area contributed by atoms with Crippen LogP contribution in [0.5, 0.6) is 0 Å². The summed E-state index contributed by atoms with van der Waals surface area (Å²) in [6, 6.07) is 6.05. The van der Waals surface area contributed by atoms with Crippen molar-refractivity contribution < 1.29 is 29.3 Å². The lowest BCUT2D eigenvalue weighted by Gasteiger charge is -2.33. The number of fused-ring (bicyclic) bond motifs is 3. The standard InChI is InChI=1S/C16H17NO6/c1-23-15(21)12-8-9(6-7-13(18)19)17-14(20)10-4-2-3-5-11(10)16(12,17)22/h2-5,9,12,22H,6-8H2,1H3,(H,18,19)/t9-,12-,16-/m1/s1. The quantitative estimate of drug-likeness (QED) is 0.792.